The molecule has 0 bridgehead atoms. The van der Waals surface area contributed by atoms with Crippen molar-refractivity contribution in [2.24, 2.45) is 5.92 Å². The van der Waals surface area contributed by atoms with Crippen LogP contribution in [0.5, 0.6) is 0 Å². The van der Waals surface area contributed by atoms with E-state index in [-0.39, 0.29) is 18.3 Å². The molecule has 2 aliphatic heterocycles. The van der Waals surface area contributed by atoms with Crippen LogP contribution in [0.4, 0.5) is 13.2 Å². The second-order valence-corrected chi connectivity index (χ2v) is 8.75. The third-order valence-electron chi connectivity index (χ3n) is 6.05. The topological polar surface area (TPSA) is 87.2 Å². The van der Waals surface area contributed by atoms with E-state index >= 15 is 0 Å². The summed E-state index contributed by atoms with van der Waals surface area (Å²) in [6, 6.07) is 7.99. The zero-order chi connectivity index (χ0) is 25.3. The van der Waals surface area contributed by atoms with Crippen LogP contribution in [-0.4, -0.2) is 77.8 Å². The van der Waals surface area contributed by atoms with Crippen LogP contribution < -0.4 is 0 Å². The highest BCUT2D eigenvalue weighted by Crippen LogP contribution is 2.24. The quantitative estimate of drug-likeness (QED) is 0.638. The number of nitrogens with zero attached hydrogens (tertiary/aromatic N) is 2. The van der Waals surface area contributed by atoms with Crippen molar-refractivity contribution in [3.05, 3.63) is 35.4 Å². The number of benzene rings is 1. The van der Waals surface area contributed by atoms with E-state index in [0.717, 1.165) is 37.4 Å². The number of likely N-dealkylation sites (tertiary alicyclic amines) is 2. The van der Waals surface area contributed by atoms with E-state index in [2.05, 4.69) is 11.8 Å². The van der Waals surface area contributed by atoms with Gasteiger partial charge in [0.2, 0.25) is 0 Å². The van der Waals surface area contributed by atoms with Gasteiger partial charge in [0, 0.05) is 31.2 Å². The van der Waals surface area contributed by atoms with Crippen LogP contribution in [0.25, 0.3) is 0 Å². The van der Waals surface area contributed by atoms with E-state index in [1.54, 1.807) is 6.92 Å². The Labute approximate surface area is 197 Å². The Morgan fingerprint density at radius 2 is 1.65 bits per heavy atom. The largest absolute Gasteiger partial charge is 0.490 e. The molecular formula is C24H33F3N2O5. The van der Waals surface area contributed by atoms with Gasteiger partial charge in [-0.15, -0.1) is 0 Å². The van der Waals surface area contributed by atoms with Crippen molar-refractivity contribution in [1.82, 2.24) is 9.80 Å². The van der Waals surface area contributed by atoms with Gasteiger partial charge in [-0.2, -0.15) is 13.2 Å². The van der Waals surface area contributed by atoms with Gasteiger partial charge in [0.1, 0.15) is 0 Å². The Kier molecular flexibility index (Phi) is 10.3. The summed E-state index contributed by atoms with van der Waals surface area (Å²) < 4.78 is 36.7. The van der Waals surface area contributed by atoms with Crippen LogP contribution in [0.15, 0.2) is 24.3 Å². The van der Waals surface area contributed by atoms with E-state index in [4.69, 9.17) is 14.6 Å². The van der Waals surface area contributed by atoms with E-state index < -0.39 is 12.1 Å². The first-order valence-electron chi connectivity index (χ1n) is 11.6. The lowest BCUT2D eigenvalue weighted by atomic mass is 9.95. The SMILES string of the molecule is CCOC(=O)Cc1ccc(C(=O)N2CCC(N3CCCC(C)C3)CC2)cc1.O=C(O)C(F)(F)F. The summed E-state index contributed by atoms with van der Waals surface area (Å²) in [6.45, 7) is 8.62. The number of carboxylic acid groups (broad SMARTS) is 1. The zero-order valence-electron chi connectivity index (χ0n) is 19.6. The van der Waals surface area contributed by atoms with Crippen LogP contribution in [-0.2, 0) is 20.7 Å². The second-order valence-electron chi connectivity index (χ2n) is 8.75. The Bertz CT molecular complexity index is 821. The Morgan fingerprint density at radius 3 is 2.15 bits per heavy atom. The first-order valence-corrected chi connectivity index (χ1v) is 11.6. The molecule has 1 aromatic rings. The van der Waals surface area contributed by atoms with Crippen molar-refractivity contribution in [3.8, 4) is 0 Å². The molecule has 1 N–H and O–H groups in total. The van der Waals surface area contributed by atoms with Crippen LogP contribution in [0.3, 0.4) is 0 Å². The summed E-state index contributed by atoms with van der Waals surface area (Å²) in [5, 5.41) is 7.12. The van der Waals surface area contributed by atoms with Gasteiger partial charge < -0.3 is 14.7 Å². The molecule has 10 heteroatoms. The number of esters is 1. The fraction of sp³-hybridized carbons (Fsp3) is 0.625. The Balaban J connectivity index is 0.000000509. The lowest BCUT2D eigenvalue weighted by molar-refractivity contribution is -0.192. The van der Waals surface area contributed by atoms with Crippen molar-refractivity contribution in [2.75, 3.05) is 32.8 Å². The van der Waals surface area contributed by atoms with Crippen molar-refractivity contribution in [2.45, 2.75) is 58.2 Å². The third-order valence-corrected chi connectivity index (χ3v) is 6.05. The molecule has 34 heavy (non-hydrogen) atoms. The molecule has 0 saturated carbocycles. The summed E-state index contributed by atoms with van der Waals surface area (Å²) in [6.07, 6.45) is -0.0424. The van der Waals surface area contributed by atoms with Crippen LogP contribution in [0.1, 0.15) is 55.5 Å². The molecule has 0 spiro atoms. The smallest absolute Gasteiger partial charge is 0.475 e. The molecule has 0 aliphatic carbocycles. The molecule has 190 valence electrons. The lowest BCUT2D eigenvalue weighted by Gasteiger charge is -2.41. The maximum absolute atomic E-state index is 12.8. The summed E-state index contributed by atoms with van der Waals surface area (Å²) in [4.78, 5) is 37.9. The second kappa shape index (κ2) is 12.7. The maximum atomic E-state index is 12.8. The van der Waals surface area contributed by atoms with Crippen LogP contribution in [0, 0.1) is 5.92 Å². The van der Waals surface area contributed by atoms with Gasteiger partial charge in [-0.25, -0.2) is 4.79 Å². The number of hydrogen-bond donors (Lipinski definition) is 1. The van der Waals surface area contributed by atoms with E-state index in [1.807, 2.05) is 29.2 Å². The highest BCUT2D eigenvalue weighted by atomic mass is 19.4. The summed E-state index contributed by atoms with van der Waals surface area (Å²) in [5.41, 5.74) is 1.58. The molecule has 2 saturated heterocycles. The van der Waals surface area contributed by atoms with Crippen molar-refractivity contribution in [3.63, 3.8) is 0 Å². The monoisotopic (exact) mass is 486 g/mol. The standard InChI is InChI=1S/C22H32N2O3.C2HF3O2/c1-3-27-21(25)15-18-6-8-19(9-7-18)22(26)23-13-10-20(11-14-23)24-12-4-5-17(2)16-24;3-2(4,5)1(6)7/h6-9,17,20H,3-5,10-16H2,1-2H3;(H,6,7). The number of halogens is 3. The van der Waals surface area contributed by atoms with Gasteiger partial charge >= 0.3 is 18.1 Å². The molecular weight excluding hydrogens is 453 g/mol. The molecule has 1 amide bonds. The summed E-state index contributed by atoms with van der Waals surface area (Å²) >= 11 is 0. The first-order chi connectivity index (χ1) is 16.0. The number of carbonyl (C=O) groups excluding carboxylic acids is 2. The predicted molar refractivity (Wildman–Crippen MR) is 119 cm³/mol. The summed E-state index contributed by atoms with van der Waals surface area (Å²) in [5.74, 6) is -2.09. The molecule has 0 radical (unpaired) electrons. The molecule has 2 heterocycles. The number of hydrogen-bond acceptors (Lipinski definition) is 5. The zero-order valence-corrected chi connectivity index (χ0v) is 19.6. The highest BCUT2D eigenvalue weighted by Gasteiger charge is 2.38. The molecule has 0 aromatic heterocycles. The normalized spacial score (nSPS) is 19.7. The maximum Gasteiger partial charge on any atom is 0.490 e. The van der Waals surface area contributed by atoms with E-state index in [9.17, 15) is 22.8 Å². The fourth-order valence-corrected chi connectivity index (χ4v) is 4.32. The summed E-state index contributed by atoms with van der Waals surface area (Å²) in [7, 11) is 0. The number of piperidine rings is 2. The van der Waals surface area contributed by atoms with Crippen molar-refractivity contribution < 1.29 is 37.4 Å². The van der Waals surface area contributed by atoms with Crippen LogP contribution >= 0.6 is 0 Å². The minimum absolute atomic E-state index is 0.100. The predicted octanol–water partition coefficient (Wildman–Crippen LogP) is 3.76. The molecule has 3 rings (SSSR count). The fourth-order valence-electron chi connectivity index (χ4n) is 4.32. The minimum atomic E-state index is -5.08. The van der Waals surface area contributed by atoms with Gasteiger partial charge in [-0.05, 0) is 62.8 Å². The molecule has 2 aliphatic rings. The Morgan fingerprint density at radius 1 is 1.06 bits per heavy atom. The average Bonchev–Trinajstić information content (AvgIpc) is 2.79. The van der Waals surface area contributed by atoms with E-state index in [0.29, 0.717) is 18.2 Å². The minimum Gasteiger partial charge on any atom is -0.475 e. The number of alkyl halides is 3. The molecule has 1 aromatic carbocycles. The molecule has 1 atom stereocenters. The first kappa shape index (κ1) is 27.6. The van der Waals surface area contributed by atoms with E-state index in [1.165, 1.54) is 25.9 Å². The Hall–Kier alpha value is -2.62. The number of ether oxygens (including phenoxy) is 1. The number of rotatable bonds is 5. The average molecular weight is 487 g/mol. The van der Waals surface area contributed by atoms with Gasteiger partial charge in [-0.3, -0.25) is 14.5 Å². The van der Waals surface area contributed by atoms with Crippen molar-refractivity contribution >= 4 is 17.8 Å². The number of carboxylic acids is 1. The third kappa shape index (κ3) is 8.62. The van der Waals surface area contributed by atoms with Gasteiger partial charge in [-0.1, -0.05) is 19.1 Å². The molecule has 7 nitrogen and oxygen atoms in total. The van der Waals surface area contributed by atoms with Gasteiger partial charge in [0.25, 0.3) is 5.91 Å². The van der Waals surface area contributed by atoms with Crippen molar-refractivity contribution in [1.29, 1.82) is 0 Å². The lowest BCUT2D eigenvalue weighted by Crippen LogP contribution is -2.49. The number of carbonyl (C=O) groups is 3. The highest BCUT2D eigenvalue weighted by molar-refractivity contribution is 5.94. The number of amides is 1. The van der Waals surface area contributed by atoms with Gasteiger partial charge in [0.15, 0.2) is 0 Å². The van der Waals surface area contributed by atoms with Crippen LogP contribution in [0.2, 0.25) is 0 Å². The molecule has 1 unspecified atom stereocenters. The molecule has 2 fully saturated rings. The number of aliphatic carboxylic acids is 1. The van der Waals surface area contributed by atoms with Gasteiger partial charge in [0.05, 0.1) is 13.0 Å².